The predicted molar refractivity (Wildman–Crippen MR) is 230 cm³/mol. The number of carbonyl (C=O) groups is 1. The highest BCUT2D eigenvalue weighted by Crippen LogP contribution is 2.41. The Morgan fingerprint density at radius 2 is 1.42 bits per heavy atom. The predicted octanol–water partition coefficient (Wildman–Crippen LogP) is 8.02. The van der Waals surface area contributed by atoms with Crippen LogP contribution in [0.1, 0.15) is 36.1 Å². The first kappa shape index (κ1) is 41.0. The van der Waals surface area contributed by atoms with Crippen LogP contribution < -0.4 is 0 Å². The van der Waals surface area contributed by atoms with Gasteiger partial charge < -0.3 is 24.0 Å². The molecule has 0 N–H and O–H groups in total. The van der Waals surface area contributed by atoms with Crippen molar-refractivity contribution >= 4 is 30.7 Å². The smallest absolute Gasteiger partial charge is 0.321 e. The molecular weight excluding hydrogens is 777 g/mol. The van der Waals surface area contributed by atoms with Gasteiger partial charge in [-0.1, -0.05) is 97.7 Å². The average molecular weight is 829 g/mol. The van der Waals surface area contributed by atoms with E-state index in [1.807, 2.05) is 77.0 Å². The Balaban J connectivity index is 1.20. The number of ether oxygens (including phenoxy) is 3. The lowest BCUT2D eigenvalue weighted by molar-refractivity contribution is -0.384. The largest absolute Gasteiger partial charge is 0.360 e. The SMILES string of the molecule is CC1(C)O[C@@H]2[C@@H](O1)[C@@H](Cc1ccccc1)N(Cc1ccc3c(cnn3COCC[Si](C)(C)C)c1)C(=O)N(Cc1ccc([N+](=O)[O-])c(-n3ccnn3)c1)[C@@H]2Cc1ccccc1. The summed E-state index contributed by atoms with van der Waals surface area (Å²) in [5.41, 5.74) is 4.82. The van der Waals surface area contributed by atoms with Gasteiger partial charge in [0.05, 0.1) is 41.1 Å². The Kier molecular flexibility index (Phi) is 11.7. The number of nitrogens with zero attached hydrogens (tertiary/aromatic N) is 8. The molecule has 4 heterocycles. The summed E-state index contributed by atoms with van der Waals surface area (Å²) in [5.74, 6) is -0.935. The number of hydrogen-bond acceptors (Lipinski definition) is 9. The van der Waals surface area contributed by atoms with E-state index in [0.717, 1.165) is 33.6 Å². The summed E-state index contributed by atoms with van der Waals surface area (Å²) >= 11 is 0. The minimum atomic E-state index is -1.23. The third kappa shape index (κ3) is 9.19. The van der Waals surface area contributed by atoms with Crippen LogP contribution in [0.3, 0.4) is 0 Å². The van der Waals surface area contributed by atoms with Gasteiger partial charge in [0.1, 0.15) is 24.6 Å². The third-order valence-corrected chi connectivity index (χ3v) is 13.0. The molecule has 2 aromatic heterocycles. The van der Waals surface area contributed by atoms with Crippen LogP contribution in [0.25, 0.3) is 16.6 Å². The fourth-order valence-corrected chi connectivity index (χ4v) is 9.11. The van der Waals surface area contributed by atoms with Crippen LogP contribution in [-0.2, 0) is 46.9 Å². The molecule has 4 aromatic carbocycles. The van der Waals surface area contributed by atoms with Crippen molar-refractivity contribution in [3.05, 3.63) is 148 Å². The highest BCUT2D eigenvalue weighted by molar-refractivity contribution is 6.76. The van der Waals surface area contributed by atoms with Gasteiger partial charge in [0, 0.05) is 39.2 Å². The fourth-order valence-electron chi connectivity index (χ4n) is 8.35. The first-order valence-corrected chi connectivity index (χ1v) is 24.2. The van der Waals surface area contributed by atoms with Gasteiger partial charge in [-0.2, -0.15) is 5.10 Å². The van der Waals surface area contributed by atoms with Gasteiger partial charge in [0.15, 0.2) is 5.79 Å². The van der Waals surface area contributed by atoms with Gasteiger partial charge in [-0.3, -0.25) is 10.1 Å². The third-order valence-electron chi connectivity index (χ3n) is 11.3. The van der Waals surface area contributed by atoms with Crippen molar-refractivity contribution < 1.29 is 23.9 Å². The van der Waals surface area contributed by atoms with Crippen LogP contribution in [0.5, 0.6) is 0 Å². The van der Waals surface area contributed by atoms with Crippen molar-refractivity contribution in [1.29, 1.82) is 0 Å². The van der Waals surface area contributed by atoms with Crippen molar-refractivity contribution in [2.45, 2.75) is 102 Å². The molecule has 6 aromatic rings. The molecule has 2 amide bonds. The van der Waals surface area contributed by atoms with Crippen LogP contribution in [0.4, 0.5) is 10.5 Å². The van der Waals surface area contributed by atoms with Crippen LogP contribution in [0, 0.1) is 10.1 Å². The van der Waals surface area contributed by atoms with Crippen molar-refractivity contribution in [2.75, 3.05) is 6.61 Å². The van der Waals surface area contributed by atoms with Gasteiger partial charge >= 0.3 is 6.03 Å². The summed E-state index contributed by atoms with van der Waals surface area (Å²) in [4.78, 5) is 31.2. The summed E-state index contributed by atoms with van der Waals surface area (Å²) in [7, 11) is -1.23. The minimum Gasteiger partial charge on any atom is -0.360 e. The molecule has 8 rings (SSSR count). The van der Waals surface area contributed by atoms with Crippen molar-refractivity contribution in [1.82, 2.24) is 34.6 Å². The summed E-state index contributed by atoms with van der Waals surface area (Å²) in [5, 5.41) is 25.7. The highest BCUT2D eigenvalue weighted by atomic mass is 28.3. The molecule has 2 aliphatic rings. The Morgan fingerprint density at radius 3 is 1.98 bits per heavy atom. The molecule has 0 saturated carbocycles. The van der Waals surface area contributed by atoms with E-state index in [9.17, 15) is 10.1 Å². The van der Waals surface area contributed by atoms with Crippen molar-refractivity contribution in [3.8, 4) is 5.69 Å². The highest BCUT2D eigenvalue weighted by Gasteiger charge is 2.55. The Bertz CT molecular complexity index is 2420. The number of fused-ring (bicyclic) bond motifs is 2. The number of urea groups is 1. The number of hydrogen-bond donors (Lipinski definition) is 0. The monoisotopic (exact) mass is 828 g/mol. The second kappa shape index (κ2) is 17.1. The van der Waals surface area contributed by atoms with Crippen molar-refractivity contribution in [2.24, 2.45) is 0 Å². The van der Waals surface area contributed by atoms with Gasteiger partial charge in [-0.15, -0.1) is 5.10 Å². The van der Waals surface area contributed by atoms with Crippen LogP contribution in [-0.4, -0.2) is 90.3 Å². The molecular formula is C45H52N8O6Si. The first-order chi connectivity index (χ1) is 28.8. The maximum absolute atomic E-state index is 15.7. The summed E-state index contributed by atoms with van der Waals surface area (Å²) in [6.45, 7) is 12.4. The number of nitro groups is 1. The van der Waals surface area contributed by atoms with Gasteiger partial charge in [0.2, 0.25) is 0 Å². The number of aromatic nitrogens is 5. The van der Waals surface area contributed by atoms with Crippen LogP contribution in [0.2, 0.25) is 25.7 Å². The Morgan fingerprint density at radius 1 is 0.817 bits per heavy atom. The maximum Gasteiger partial charge on any atom is 0.321 e. The standard InChI is InChI=1S/C45H52N8O6Si/c1-45(2)58-42-40(25-32-12-8-6-9-13-32)49(29-34-16-18-37-36(24-34)28-47-52(37)31-57-22-23-60(3,4)5)44(54)50(41(43(42)59-45)26-33-14-10-7-11-15-33)30-35-17-19-38(53(55)56)39(27-35)51-21-20-46-48-51/h6-21,24,27-28,40-43H,22-23,25-26,29-31H2,1-5H3/t40-,41-,42+,43+/m1/s1. The number of carbonyl (C=O) groups excluding carboxylic acids is 1. The molecule has 0 bridgehead atoms. The molecule has 60 heavy (non-hydrogen) atoms. The fraction of sp³-hybridized carbons (Fsp3) is 0.378. The quantitative estimate of drug-likeness (QED) is 0.0435. The Hall–Kier alpha value is -5.74. The van der Waals surface area contributed by atoms with Crippen LogP contribution >= 0.6 is 0 Å². The molecule has 15 heteroatoms. The van der Waals surface area contributed by atoms with E-state index in [4.69, 9.17) is 14.2 Å². The maximum atomic E-state index is 15.7. The minimum absolute atomic E-state index is 0.122. The zero-order valence-corrected chi connectivity index (χ0v) is 35.8. The number of benzene rings is 4. The van der Waals surface area contributed by atoms with E-state index in [1.54, 1.807) is 18.3 Å². The van der Waals surface area contributed by atoms with Crippen molar-refractivity contribution in [3.63, 3.8) is 0 Å². The zero-order valence-electron chi connectivity index (χ0n) is 34.8. The van der Waals surface area contributed by atoms with E-state index in [1.165, 1.54) is 16.9 Å². The normalized spacial score (nSPS) is 20.4. The molecule has 2 aliphatic heterocycles. The molecule has 0 radical (unpaired) electrons. The molecule has 0 spiro atoms. The van der Waals surface area contributed by atoms with Gasteiger partial charge in [-0.25, -0.2) is 14.2 Å². The van der Waals surface area contributed by atoms with E-state index < -0.39 is 43.1 Å². The lowest BCUT2D eigenvalue weighted by atomic mass is 9.91. The van der Waals surface area contributed by atoms with E-state index in [-0.39, 0.29) is 30.5 Å². The second-order valence-corrected chi connectivity index (χ2v) is 23.1. The molecule has 4 atom stereocenters. The van der Waals surface area contributed by atoms with Crippen LogP contribution in [0.15, 0.2) is 116 Å². The van der Waals surface area contributed by atoms with E-state index in [2.05, 4.69) is 71.4 Å². The Labute approximate surface area is 350 Å². The average Bonchev–Trinajstić information content (AvgIpc) is 3.97. The molecule has 0 unspecified atom stereocenters. The lowest BCUT2D eigenvalue weighted by Gasteiger charge is -2.37. The van der Waals surface area contributed by atoms with Gasteiger partial charge in [0.25, 0.3) is 5.69 Å². The van der Waals surface area contributed by atoms with Gasteiger partial charge in [-0.05, 0) is 73.2 Å². The number of rotatable bonds is 15. The summed E-state index contributed by atoms with van der Waals surface area (Å²) in [6, 6.07) is 31.3. The number of amides is 2. The lowest BCUT2D eigenvalue weighted by Crippen LogP contribution is -2.51. The molecule has 312 valence electrons. The number of nitro benzene ring substituents is 1. The zero-order chi connectivity index (χ0) is 42.0. The molecule has 14 nitrogen and oxygen atoms in total. The summed E-state index contributed by atoms with van der Waals surface area (Å²) in [6.07, 6.45) is 4.90. The second-order valence-electron chi connectivity index (χ2n) is 17.4. The molecule has 2 fully saturated rings. The summed E-state index contributed by atoms with van der Waals surface area (Å²) < 4.78 is 23.1. The van der Waals surface area contributed by atoms with E-state index in [0.29, 0.717) is 31.7 Å². The van der Waals surface area contributed by atoms with E-state index >= 15 is 4.79 Å². The first-order valence-electron chi connectivity index (χ1n) is 20.5. The topological polar surface area (TPSA) is 143 Å². The molecule has 2 saturated heterocycles. The molecule has 0 aliphatic carbocycles.